The second kappa shape index (κ2) is 9.70. The topological polar surface area (TPSA) is 154 Å². The summed E-state index contributed by atoms with van der Waals surface area (Å²) >= 11 is 0. The molecule has 0 saturated carbocycles. The zero-order chi connectivity index (χ0) is 31.0. The third-order valence-corrected chi connectivity index (χ3v) is 7.63. The Morgan fingerprint density at radius 3 is 2.16 bits per heavy atom. The Bertz CT molecular complexity index is 2070. The minimum Gasteiger partial charge on any atom is -0.506 e. The van der Waals surface area contributed by atoms with Crippen molar-refractivity contribution in [3.8, 4) is 51.4 Å². The third-order valence-electron chi connectivity index (χ3n) is 7.63. The minimum absolute atomic E-state index is 0.000247. The van der Waals surface area contributed by atoms with Crippen LogP contribution < -0.4 is 29.1 Å². The second-order valence-corrected chi connectivity index (χ2v) is 10.5. The first-order valence-corrected chi connectivity index (χ1v) is 13.2. The molecule has 43 heavy (non-hydrogen) atoms. The molecular weight excluding hydrogens is 560 g/mol. The molecule has 6 rings (SSSR count). The van der Waals surface area contributed by atoms with Crippen LogP contribution in [0.2, 0.25) is 0 Å². The molecule has 1 aliphatic heterocycles. The number of hydrogen-bond acceptors (Lipinski definition) is 11. The van der Waals surface area contributed by atoms with Crippen molar-refractivity contribution in [3.05, 3.63) is 51.9 Å². The average Bonchev–Trinajstić information content (AvgIpc) is 2.94. The smallest absolute Gasteiger partial charge is 0.212 e. The van der Waals surface area contributed by atoms with Gasteiger partial charge in [-0.05, 0) is 30.5 Å². The standard InChI is InChI=1S/C32H28O11/c1-13-7-17(33)26-29(36)23-16(10-15(38-3)11-20(23)40-5)24(31(26)42-13)27-19(39-4)8-14-9-21-25(18(34)12-32(2,37)43-21)28(35)22(14)30(27)41-6/h7-11,35-37H,12H2,1-6H3/t32-/m0/s1. The Morgan fingerprint density at radius 2 is 1.51 bits per heavy atom. The maximum absolute atomic E-state index is 13.3. The summed E-state index contributed by atoms with van der Waals surface area (Å²) in [4.78, 5) is 26.4. The summed E-state index contributed by atoms with van der Waals surface area (Å²) < 4.78 is 34.6. The number of hydrogen-bond donors (Lipinski definition) is 3. The summed E-state index contributed by atoms with van der Waals surface area (Å²) in [6, 6.07) is 7.58. The van der Waals surface area contributed by atoms with Crippen molar-refractivity contribution in [1.29, 1.82) is 0 Å². The molecule has 11 heteroatoms. The van der Waals surface area contributed by atoms with E-state index < -0.39 is 22.7 Å². The Kier molecular flexibility index (Phi) is 6.31. The number of aliphatic hydroxyl groups is 1. The molecule has 0 fully saturated rings. The highest BCUT2D eigenvalue weighted by Gasteiger charge is 2.38. The van der Waals surface area contributed by atoms with E-state index in [0.29, 0.717) is 16.5 Å². The largest absolute Gasteiger partial charge is 0.506 e. The third kappa shape index (κ3) is 4.07. The number of phenols is 2. The highest BCUT2D eigenvalue weighted by molar-refractivity contribution is 6.20. The lowest BCUT2D eigenvalue weighted by molar-refractivity contribution is -0.123. The summed E-state index contributed by atoms with van der Waals surface area (Å²) in [5.41, 5.74) is -0.0570. The van der Waals surface area contributed by atoms with Gasteiger partial charge in [0.2, 0.25) is 5.79 Å². The summed E-state index contributed by atoms with van der Waals surface area (Å²) in [7, 11) is 5.71. The van der Waals surface area contributed by atoms with E-state index in [1.807, 2.05) is 0 Å². The van der Waals surface area contributed by atoms with Crippen molar-refractivity contribution in [3.63, 3.8) is 0 Å². The minimum atomic E-state index is -1.75. The Morgan fingerprint density at radius 1 is 0.791 bits per heavy atom. The number of benzene rings is 4. The zero-order valence-electron chi connectivity index (χ0n) is 24.2. The maximum atomic E-state index is 13.3. The summed E-state index contributed by atoms with van der Waals surface area (Å²) in [5, 5.41) is 34.4. The van der Waals surface area contributed by atoms with Gasteiger partial charge in [0.1, 0.15) is 57.0 Å². The first kappa shape index (κ1) is 28.0. The van der Waals surface area contributed by atoms with Gasteiger partial charge in [0.05, 0.1) is 51.2 Å². The van der Waals surface area contributed by atoms with Gasteiger partial charge in [-0.25, -0.2) is 0 Å². The molecule has 0 aliphatic carbocycles. The van der Waals surface area contributed by atoms with Gasteiger partial charge in [-0.1, -0.05) is 0 Å². The fraction of sp³-hybridized carbons (Fsp3) is 0.250. The number of ether oxygens (including phenoxy) is 5. The number of carbonyl (C=O) groups excluding carboxylic acids is 1. The normalized spacial score (nSPS) is 16.3. The van der Waals surface area contributed by atoms with Crippen LogP contribution in [0.15, 0.2) is 39.5 Å². The molecule has 0 unspecified atom stereocenters. The van der Waals surface area contributed by atoms with E-state index in [1.54, 1.807) is 25.1 Å². The van der Waals surface area contributed by atoms with Gasteiger partial charge in [-0.3, -0.25) is 9.59 Å². The van der Waals surface area contributed by atoms with Crippen LogP contribution in [-0.2, 0) is 0 Å². The predicted molar refractivity (Wildman–Crippen MR) is 157 cm³/mol. The van der Waals surface area contributed by atoms with Crippen LogP contribution in [0.1, 0.15) is 29.5 Å². The molecule has 0 saturated heterocycles. The lowest BCUT2D eigenvalue weighted by Gasteiger charge is -2.31. The van der Waals surface area contributed by atoms with Gasteiger partial charge in [0.15, 0.2) is 16.8 Å². The van der Waals surface area contributed by atoms with Crippen molar-refractivity contribution in [1.82, 2.24) is 0 Å². The fourth-order valence-corrected chi connectivity index (χ4v) is 5.89. The SMILES string of the molecule is COc1cc(OC)c2c(O)c3c(=O)cc(C)oc3c(-c3c(OC)cc4cc5c(c(O)c4c3OC)C(=O)C[C@@](C)(O)O5)c2c1. The molecule has 1 aromatic heterocycles. The lowest BCUT2D eigenvalue weighted by Crippen LogP contribution is -2.38. The number of rotatable bonds is 5. The number of carbonyl (C=O) groups is 1. The van der Waals surface area contributed by atoms with E-state index in [-0.39, 0.29) is 79.4 Å². The highest BCUT2D eigenvalue weighted by Crippen LogP contribution is 2.55. The molecule has 0 radical (unpaired) electrons. The average molecular weight is 589 g/mol. The van der Waals surface area contributed by atoms with Crippen molar-refractivity contribution in [2.24, 2.45) is 0 Å². The molecule has 11 nitrogen and oxygen atoms in total. The number of ketones is 1. The summed E-state index contributed by atoms with van der Waals surface area (Å²) in [6.07, 6.45) is -0.373. The van der Waals surface area contributed by atoms with E-state index >= 15 is 0 Å². The molecule has 1 aliphatic rings. The Labute approximate surface area is 244 Å². The zero-order valence-corrected chi connectivity index (χ0v) is 24.2. The van der Waals surface area contributed by atoms with Crippen LogP contribution in [0.5, 0.6) is 40.2 Å². The van der Waals surface area contributed by atoms with Crippen LogP contribution >= 0.6 is 0 Å². The molecule has 5 aromatic rings. The van der Waals surface area contributed by atoms with Gasteiger partial charge in [-0.15, -0.1) is 0 Å². The predicted octanol–water partition coefficient (Wildman–Crippen LogP) is 5.19. The van der Waals surface area contributed by atoms with Crippen molar-refractivity contribution in [2.75, 3.05) is 28.4 Å². The summed E-state index contributed by atoms with van der Waals surface area (Å²) in [6.45, 7) is 2.96. The molecule has 1 atom stereocenters. The first-order chi connectivity index (χ1) is 20.4. The lowest BCUT2D eigenvalue weighted by atomic mass is 9.89. The molecule has 0 amide bonds. The quantitative estimate of drug-likeness (QED) is 0.232. The van der Waals surface area contributed by atoms with Crippen molar-refractivity contribution in [2.45, 2.75) is 26.1 Å². The van der Waals surface area contributed by atoms with E-state index in [1.165, 1.54) is 47.5 Å². The van der Waals surface area contributed by atoms with Crippen molar-refractivity contribution >= 4 is 38.3 Å². The fourth-order valence-electron chi connectivity index (χ4n) is 5.89. The Balaban J connectivity index is 1.88. The number of aromatic hydroxyl groups is 2. The molecule has 0 bridgehead atoms. The summed E-state index contributed by atoms with van der Waals surface area (Å²) in [5.74, 6) is -1.86. The maximum Gasteiger partial charge on any atom is 0.212 e. The number of methoxy groups -OCH3 is 4. The van der Waals surface area contributed by atoms with Gasteiger partial charge in [0.25, 0.3) is 0 Å². The van der Waals surface area contributed by atoms with E-state index in [0.717, 1.165) is 0 Å². The second-order valence-electron chi connectivity index (χ2n) is 10.5. The van der Waals surface area contributed by atoms with Gasteiger partial charge < -0.3 is 43.4 Å². The van der Waals surface area contributed by atoms with Gasteiger partial charge in [0, 0.05) is 30.0 Å². The number of Topliss-reactive ketones (excluding diaryl/α,β-unsaturated/α-hetero) is 1. The first-order valence-electron chi connectivity index (χ1n) is 13.2. The van der Waals surface area contributed by atoms with E-state index in [2.05, 4.69) is 0 Å². The van der Waals surface area contributed by atoms with Crippen LogP contribution in [-0.4, -0.2) is 55.3 Å². The van der Waals surface area contributed by atoms with Crippen LogP contribution in [0.25, 0.3) is 43.6 Å². The highest BCUT2D eigenvalue weighted by atomic mass is 16.6. The Hall–Kier alpha value is -5.16. The van der Waals surface area contributed by atoms with Crippen molar-refractivity contribution < 1.29 is 48.2 Å². The molecule has 3 N–H and O–H groups in total. The number of fused-ring (bicyclic) bond motifs is 4. The molecule has 4 aromatic carbocycles. The molecule has 222 valence electrons. The number of phenolic OH excluding ortho intramolecular Hbond substituents is 2. The van der Waals surface area contributed by atoms with Gasteiger partial charge in [-0.2, -0.15) is 0 Å². The van der Waals surface area contributed by atoms with Gasteiger partial charge >= 0.3 is 0 Å². The molecular formula is C32H28O11. The monoisotopic (exact) mass is 588 g/mol. The van der Waals surface area contributed by atoms with E-state index in [4.69, 9.17) is 28.1 Å². The van der Waals surface area contributed by atoms with Crippen LogP contribution in [0.3, 0.4) is 0 Å². The number of aryl methyl sites for hydroxylation is 1. The molecule has 2 heterocycles. The van der Waals surface area contributed by atoms with Crippen LogP contribution in [0, 0.1) is 6.92 Å². The van der Waals surface area contributed by atoms with E-state index in [9.17, 15) is 24.9 Å². The van der Waals surface area contributed by atoms with Crippen LogP contribution in [0.4, 0.5) is 0 Å². The molecule has 0 spiro atoms.